The molecule has 1 aromatic heterocycles. The maximum atomic E-state index is 12.9. The van der Waals surface area contributed by atoms with E-state index in [4.69, 9.17) is 4.18 Å². The van der Waals surface area contributed by atoms with Gasteiger partial charge in [0.25, 0.3) is 0 Å². The van der Waals surface area contributed by atoms with Gasteiger partial charge in [-0.05, 0) is 76.5 Å². The summed E-state index contributed by atoms with van der Waals surface area (Å²) in [4.78, 5) is -0.0918. The molecule has 0 aliphatic rings. The predicted molar refractivity (Wildman–Crippen MR) is 101 cm³/mol. The van der Waals surface area contributed by atoms with Gasteiger partial charge in [-0.3, -0.25) is 0 Å². The minimum Gasteiger partial charge on any atom is -0.379 e. The summed E-state index contributed by atoms with van der Waals surface area (Å²) in [6.07, 6.45) is 0. The molecule has 0 aliphatic heterocycles. The average molecular weight is 384 g/mol. The second kappa shape index (κ2) is 6.55. The Morgan fingerprint density at radius 2 is 1.50 bits per heavy atom. The lowest BCUT2D eigenvalue weighted by Gasteiger charge is -2.08. The number of benzene rings is 3. The SMILES string of the molecule is O=S(=O)(Oc1ccc(-c2ccc3sccc3c2)cc1)c1ccc(F)cc1. The number of fused-ring (bicyclic) bond motifs is 1. The molecule has 1 heterocycles. The third-order valence-electron chi connectivity index (χ3n) is 3.95. The van der Waals surface area contributed by atoms with E-state index in [-0.39, 0.29) is 10.6 Å². The number of halogens is 1. The number of thiophene rings is 1. The molecule has 0 fully saturated rings. The van der Waals surface area contributed by atoms with Crippen LogP contribution in [0.2, 0.25) is 0 Å². The van der Waals surface area contributed by atoms with Crippen molar-refractivity contribution in [2.45, 2.75) is 4.90 Å². The zero-order valence-corrected chi connectivity index (χ0v) is 15.1. The summed E-state index contributed by atoms with van der Waals surface area (Å²) in [6, 6.07) is 19.6. The van der Waals surface area contributed by atoms with Gasteiger partial charge in [-0.15, -0.1) is 11.3 Å². The van der Waals surface area contributed by atoms with Gasteiger partial charge in [0.15, 0.2) is 0 Å². The fourth-order valence-electron chi connectivity index (χ4n) is 2.63. The molecule has 130 valence electrons. The van der Waals surface area contributed by atoms with Crippen molar-refractivity contribution in [1.82, 2.24) is 0 Å². The molecule has 0 atom stereocenters. The van der Waals surface area contributed by atoms with Crippen molar-refractivity contribution >= 4 is 31.5 Å². The van der Waals surface area contributed by atoms with Crippen LogP contribution in [0.3, 0.4) is 0 Å². The highest BCUT2D eigenvalue weighted by atomic mass is 32.2. The van der Waals surface area contributed by atoms with Crippen molar-refractivity contribution in [2.75, 3.05) is 0 Å². The lowest BCUT2D eigenvalue weighted by atomic mass is 10.0. The van der Waals surface area contributed by atoms with E-state index in [0.29, 0.717) is 0 Å². The Kier molecular flexibility index (Phi) is 4.22. The lowest BCUT2D eigenvalue weighted by Crippen LogP contribution is -2.09. The Bertz CT molecular complexity index is 1160. The second-order valence-corrected chi connectivity index (χ2v) is 8.18. The van der Waals surface area contributed by atoms with E-state index < -0.39 is 15.9 Å². The summed E-state index contributed by atoms with van der Waals surface area (Å²) in [5.41, 5.74) is 2.01. The first-order chi connectivity index (χ1) is 12.5. The Morgan fingerprint density at radius 3 is 2.23 bits per heavy atom. The molecule has 26 heavy (non-hydrogen) atoms. The quantitative estimate of drug-likeness (QED) is 0.438. The van der Waals surface area contributed by atoms with E-state index in [9.17, 15) is 12.8 Å². The molecule has 4 rings (SSSR count). The fourth-order valence-corrected chi connectivity index (χ4v) is 4.33. The van der Waals surface area contributed by atoms with Crippen LogP contribution in [0.15, 0.2) is 83.1 Å². The van der Waals surface area contributed by atoms with Gasteiger partial charge in [0.2, 0.25) is 0 Å². The lowest BCUT2D eigenvalue weighted by molar-refractivity contribution is 0.486. The van der Waals surface area contributed by atoms with Crippen LogP contribution in [-0.4, -0.2) is 8.42 Å². The van der Waals surface area contributed by atoms with Crippen LogP contribution in [0, 0.1) is 5.82 Å². The van der Waals surface area contributed by atoms with E-state index in [2.05, 4.69) is 18.2 Å². The number of hydrogen-bond acceptors (Lipinski definition) is 4. The normalized spacial score (nSPS) is 11.6. The molecule has 0 radical (unpaired) electrons. The van der Waals surface area contributed by atoms with Crippen molar-refractivity contribution in [2.24, 2.45) is 0 Å². The predicted octanol–water partition coefficient (Wildman–Crippen LogP) is 5.48. The topological polar surface area (TPSA) is 43.4 Å². The summed E-state index contributed by atoms with van der Waals surface area (Å²) in [6.45, 7) is 0. The highest BCUT2D eigenvalue weighted by Gasteiger charge is 2.16. The van der Waals surface area contributed by atoms with Crippen LogP contribution in [0.25, 0.3) is 21.2 Å². The standard InChI is InChI=1S/C20H13FO3S2/c21-17-4-8-19(9-5-17)26(22,23)24-18-6-1-14(2-7-18)15-3-10-20-16(13-15)11-12-25-20/h1-13H. The summed E-state index contributed by atoms with van der Waals surface area (Å²) >= 11 is 1.69. The average Bonchev–Trinajstić information content (AvgIpc) is 3.10. The maximum Gasteiger partial charge on any atom is 0.339 e. The monoisotopic (exact) mass is 384 g/mol. The largest absolute Gasteiger partial charge is 0.379 e. The highest BCUT2D eigenvalue weighted by Crippen LogP contribution is 2.29. The summed E-state index contributed by atoms with van der Waals surface area (Å²) in [7, 11) is -3.99. The van der Waals surface area contributed by atoms with E-state index in [1.807, 2.05) is 23.6 Å². The first kappa shape index (κ1) is 16.8. The molecule has 6 heteroatoms. The molecule has 0 unspecified atom stereocenters. The van der Waals surface area contributed by atoms with Gasteiger partial charge in [-0.1, -0.05) is 18.2 Å². The summed E-state index contributed by atoms with van der Waals surface area (Å²) in [5, 5.41) is 3.22. The molecular weight excluding hydrogens is 371 g/mol. The van der Waals surface area contributed by atoms with Crippen molar-refractivity contribution < 1.29 is 17.0 Å². The highest BCUT2D eigenvalue weighted by molar-refractivity contribution is 7.87. The molecular formula is C20H13FO3S2. The van der Waals surface area contributed by atoms with Gasteiger partial charge in [-0.2, -0.15) is 8.42 Å². The minimum atomic E-state index is -3.99. The van der Waals surface area contributed by atoms with Crippen LogP contribution < -0.4 is 4.18 Å². The summed E-state index contributed by atoms with van der Waals surface area (Å²) in [5.74, 6) is -0.300. The maximum absolute atomic E-state index is 12.9. The first-order valence-corrected chi connectivity index (χ1v) is 10.1. The van der Waals surface area contributed by atoms with Crippen LogP contribution in [0.1, 0.15) is 0 Å². The van der Waals surface area contributed by atoms with Crippen LogP contribution >= 0.6 is 11.3 Å². The van der Waals surface area contributed by atoms with E-state index in [1.54, 1.807) is 23.5 Å². The molecule has 0 amide bonds. The molecule has 0 aliphatic carbocycles. The Morgan fingerprint density at radius 1 is 0.808 bits per heavy atom. The molecule has 0 saturated heterocycles. The van der Waals surface area contributed by atoms with Gasteiger partial charge >= 0.3 is 10.1 Å². The number of rotatable bonds is 4. The van der Waals surface area contributed by atoms with Crippen molar-refractivity contribution in [3.63, 3.8) is 0 Å². The Balaban J connectivity index is 1.58. The van der Waals surface area contributed by atoms with Crippen LogP contribution in [0.4, 0.5) is 4.39 Å². The van der Waals surface area contributed by atoms with E-state index in [0.717, 1.165) is 23.3 Å². The Hall–Kier alpha value is -2.70. The molecule has 0 saturated carbocycles. The first-order valence-electron chi connectivity index (χ1n) is 7.79. The van der Waals surface area contributed by atoms with E-state index >= 15 is 0 Å². The van der Waals surface area contributed by atoms with Gasteiger partial charge < -0.3 is 4.18 Å². The van der Waals surface area contributed by atoms with Crippen molar-refractivity contribution in [1.29, 1.82) is 0 Å². The molecule has 4 aromatic rings. The molecule has 3 nitrogen and oxygen atoms in total. The van der Waals surface area contributed by atoms with E-state index in [1.165, 1.54) is 22.2 Å². The fraction of sp³-hybridized carbons (Fsp3) is 0. The van der Waals surface area contributed by atoms with Crippen molar-refractivity contribution in [3.05, 3.63) is 84.0 Å². The van der Waals surface area contributed by atoms with Gasteiger partial charge in [0.1, 0.15) is 16.5 Å². The second-order valence-electron chi connectivity index (χ2n) is 5.69. The zero-order chi connectivity index (χ0) is 18.1. The molecule has 0 bridgehead atoms. The van der Waals surface area contributed by atoms with Gasteiger partial charge in [0, 0.05) is 4.70 Å². The molecule has 0 N–H and O–H groups in total. The zero-order valence-electron chi connectivity index (χ0n) is 13.4. The molecule has 3 aromatic carbocycles. The number of hydrogen-bond donors (Lipinski definition) is 0. The molecule has 0 spiro atoms. The van der Waals surface area contributed by atoms with Crippen LogP contribution in [0.5, 0.6) is 5.75 Å². The smallest absolute Gasteiger partial charge is 0.339 e. The van der Waals surface area contributed by atoms with Crippen LogP contribution in [-0.2, 0) is 10.1 Å². The third-order valence-corrected chi connectivity index (χ3v) is 6.11. The minimum absolute atomic E-state index is 0.0918. The van der Waals surface area contributed by atoms with Crippen molar-refractivity contribution in [3.8, 4) is 16.9 Å². The Labute approximate surface area is 154 Å². The van der Waals surface area contributed by atoms with Gasteiger partial charge in [-0.25, -0.2) is 4.39 Å². The summed E-state index contributed by atoms with van der Waals surface area (Å²) < 4.78 is 43.8. The third kappa shape index (κ3) is 3.34. The van der Waals surface area contributed by atoms with Gasteiger partial charge in [0.05, 0.1) is 0 Å².